The Labute approximate surface area is 177 Å². The zero-order chi connectivity index (χ0) is 22.1. The molecule has 7 nitrogen and oxygen atoms in total. The molecule has 1 aromatic heterocycles. The van der Waals surface area contributed by atoms with Gasteiger partial charge in [0.05, 0.1) is 33.4 Å². The van der Waals surface area contributed by atoms with E-state index >= 15 is 4.39 Å². The zero-order valence-corrected chi connectivity index (χ0v) is 17.3. The first-order valence-corrected chi connectivity index (χ1v) is 9.64. The van der Waals surface area contributed by atoms with Gasteiger partial charge in [0, 0.05) is 18.2 Å². The van der Waals surface area contributed by atoms with Crippen LogP contribution in [0.3, 0.4) is 0 Å². The molecule has 1 aliphatic rings. The van der Waals surface area contributed by atoms with Crippen LogP contribution in [0.5, 0.6) is 11.5 Å². The van der Waals surface area contributed by atoms with Gasteiger partial charge in [0.2, 0.25) is 0 Å². The highest BCUT2D eigenvalue weighted by Gasteiger charge is 2.35. The van der Waals surface area contributed by atoms with E-state index in [1.54, 1.807) is 26.4 Å². The topological polar surface area (TPSA) is 82.6 Å². The van der Waals surface area contributed by atoms with Crippen molar-refractivity contribution in [1.29, 1.82) is 0 Å². The monoisotopic (exact) mass is 429 g/mol. The fourth-order valence-corrected chi connectivity index (χ4v) is 3.85. The predicted octanol–water partition coefficient (Wildman–Crippen LogP) is 3.43. The van der Waals surface area contributed by atoms with Crippen molar-refractivity contribution < 1.29 is 27.8 Å². The minimum Gasteiger partial charge on any atom is -0.497 e. The van der Waals surface area contributed by atoms with Gasteiger partial charge in [-0.1, -0.05) is 0 Å². The Balaban J connectivity index is 1.63. The molecule has 1 aliphatic carbocycles. The second-order valence-corrected chi connectivity index (χ2v) is 7.20. The summed E-state index contributed by atoms with van der Waals surface area (Å²) < 4.78 is 45.4. The molecule has 0 saturated heterocycles. The van der Waals surface area contributed by atoms with Gasteiger partial charge < -0.3 is 19.5 Å². The Bertz CT molecular complexity index is 1170. The lowest BCUT2D eigenvalue weighted by Crippen LogP contribution is -2.16. The van der Waals surface area contributed by atoms with E-state index in [1.165, 1.54) is 13.3 Å². The van der Waals surface area contributed by atoms with E-state index in [9.17, 15) is 9.18 Å². The smallest absolute Gasteiger partial charge is 0.309 e. The number of methoxy groups -OCH3 is 3. The van der Waals surface area contributed by atoms with Crippen molar-refractivity contribution in [2.24, 2.45) is 5.92 Å². The molecule has 4 rings (SSSR count). The van der Waals surface area contributed by atoms with E-state index in [0.29, 0.717) is 18.0 Å². The molecular formula is C22H21F2N3O4. The second-order valence-electron chi connectivity index (χ2n) is 7.20. The third-order valence-electron chi connectivity index (χ3n) is 5.47. The quantitative estimate of drug-likeness (QED) is 0.601. The molecule has 0 saturated carbocycles. The Kier molecular flexibility index (Phi) is 5.58. The lowest BCUT2D eigenvalue weighted by Gasteiger charge is -2.12. The summed E-state index contributed by atoms with van der Waals surface area (Å²) in [6, 6.07) is 5.38. The second kappa shape index (κ2) is 8.33. The number of benzene rings is 2. The maximum Gasteiger partial charge on any atom is 0.309 e. The molecule has 1 atom stereocenters. The van der Waals surface area contributed by atoms with Crippen LogP contribution in [0.15, 0.2) is 24.4 Å². The van der Waals surface area contributed by atoms with Gasteiger partial charge in [-0.15, -0.1) is 0 Å². The van der Waals surface area contributed by atoms with Crippen molar-refractivity contribution in [3.05, 3.63) is 52.7 Å². The van der Waals surface area contributed by atoms with Gasteiger partial charge in [-0.2, -0.15) is 0 Å². The van der Waals surface area contributed by atoms with Crippen LogP contribution in [0.2, 0.25) is 0 Å². The molecule has 3 aromatic rings. The third kappa shape index (κ3) is 3.71. The Morgan fingerprint density at radius 3 is 2.45 bits per heavy atom. The summed E-state index contributed by atoms with van der Waals surface area (Å²) in [5.74, 6) is -0.847. The Morgan fingerprint density at radius 1 is 1.10 bits per heavy atom. The number of fused-ring (bicyclic) bond motifs is 2. The molecule has 0 fully saturated rings. The van der Waals surface area contributed by atoms with E-state index in [4.69, 9.17) is 14.2 Å². The van der Waals surface area contributed by atoms with E-state index in [1.807, 2.05) is 6.07 Å². The van der Waals surface area contributed by atoms with Gasteiger partial charge in [-0.05, 0) is 36.1 Å². The number of esters is 1. The van der Waals surface area contributed by atoms with Crippen LogP contribution in [0.25, 0.3) is 11.0 Å². The highest BCUT2D eigenvalue weighted by molar-refractivity contribution is 5.82. The molecule has 31 heavy (non-hydrogen) atoms. The standard InChI is InChI=1S/C22H21F2N3O4/c1-29-13-5-4-11(16(8-13)30-2)9-25-17-10-26-20-18(23)14-6-12(22(28)31-3)7-15(14)19(24)21(20)27-17/h4-5,8,10,12H,6-7,9H2,1-3H3,(H,25,27). The molecule has 1 unspecified atom stereocenters. The summed E-state index contributed by atoms with van der Waals surface area (Å²) in [7, 11) is 4.37. The van der Waals surface area contributed by atoms with E-state index in [2.05, 4.69) is 15.3 Å². The molecule has 9 heteroatoms. The lowest BCUT2D eigenvalue weighted by atomic mass is 10.1. The van der Waals surface area contributed by atoms with Crippen LogP contribution in [0.1, 0.15) is 16.7 Å². The Hall–Kier alpha value is -3.49. The summed E-state index contributed by atoms with van der Waals surface area (Å²) in [5, 5.41) is 3.06. The summed E-state index contributed by atoms with van der Waals surface area (Å²) in [4.78, 5) is 20.2. The maximum absolute atomic E-state index is 15.2. The normalized spacial score (nSPS) is 14.9. The highest BCUT2D eigenvalue weighted by atomic mass is 19.1. The van der Waals surface area contributed by atoms with Crippen molar-refractivity contribution in [3.8, 4) is 11.5 Å². The summed E-state index contributed by atoms with van der Waals surface area (Å²) >= 11 is 0. The number of carbonyl (C=O) groups is 1. The number of anilines is 1. The fourth-order valence-electron chi connectivity index (χ4n) is 3.85. The SMILES string of the molecule is COC(=O)C1Cc2c(c(F)c3nc(NCc4ccc(OC)cc4OC)cnc3c2F)C1. The number of ether oxygens (including phenoxy) is 3. The van der Waals surface area contributed by atoms with Gasteiger partial charge in [0.25, 0.3) is 0 Å². The van der Waals surface area contributed by atoms with Gasteiger partial charge >= 0.3 is 5.97 Å². The van der Waals surface area contributed by atoms with Crippen LogP contribution in [0, 0.1) is 17.6 Å². The molecular weight excluding hydrogens is 408 g/mol. The Morgan fingerprint density at radius 2 is 1.81 bits per heavy atom. The van der Waals surface area contributed by atoms with Crippen LogP contribution in [-0.2, 0) is 28.9 Å². The minimum absolute atomic E-state index is 0.0725. The number of hydrogen-bond donors (Lipinski definition) is 1. The minimum atomic E-state index is -0.656. The van der Waals surface area contributed by atoms with Crippen molar-refractivity contribution in [3.63, 3.8) is 0 Å². The van der Waals surface area contributed by atoms with Crippen molar-refractivity contribution in [2.75, 3.05) is 26.6 Å². The predicted molar refractivity (Wildman–Crippen MR) is 109 cm³/mol. The summed E-state index contributed by atoms with van der Waals surface area (Å²) in [6.45, 7) is 0.326. The largest absolute Gasteiger partial charge is 0.497 e. The zero-order valence-electron chi connectivity index (χ0n) is 17.3. The van der Waals surface area contributed by atoms with Crippen LogP contribution < -0.4 is 14.8 Å². The molecule has 162 valence electrons. The number of nitrogens with one attached hydrogen (secondary N) is 1. The van der Waals surface area contributed by atoms with Gasteiger partial charge in [-0.25, -0.2) is 18.7 Å². The number of rotatable bonds is 6. The van der Waals surface area contributed by atoms with Crippen molar-refractivity contribution in [2.45, 2.75) is 19.4 Å². The molecule has 2 aromatic carbocycles. The molecule has 0 spiro atoms. The lowest BCUT2D eigenvalue weighted by molar-refractivity contribution is -0.145. The molecule has 0 bridgehead atoms. The van der Waals surface area contributed by atoms with E-state index < -0.39 is 23.5 Å². The average molecular weight is 429 g/mol. The fraction of sp³-hybridized carbons (Fsp3) is 0.318. The van der Waals surface area contributed by atoms with Crippen molar-refractivity contribution in [1.82, 2.24) is 9.97 Å². The molecule has 0 amide bonds. The maximum atomic E-state index is 15.2. The van der Waals surface area contributed by atoms with E-state index in [-0.39, 0.29) is 40.8 Å². The third-order valence-corrected chi connectivity index (χ3v) is 5.47. The first-order valence-electron chi connectivity index (χ1n) is 9.64. The van der Waals surface area contributed by atoms with Crippen LogP contribution >= 0.6 is 0 Å². The molecule has 1 heterocycles. The summed E-state index contributed by atoms with van der Waals surface area (Å²) in [6.07, 6.45) is 1.50. The number of hydrogen-bond acceptors (Lipinski definition) is 7. The van der Waals surface area contributed by atoms with Crippen LogP contribution in [0.4, 0.5) is 14.6 Å². The van der Waals surface area contributed by atoms with Crippen LogP contribution in [-0.4, -0.2) is 37.3 Å². The average Bonchev–Trinajstić information content (AvgIpc) is 3.26. The number of carbonyl (C=O) groups excluding carboxylic acids is 1. The number of halogens is 2. The van der Waals surface area contributed by atoms with Gasteiger partial charge in [0.15, 0.2) is 11.6 Å². The van der Waals surface area contributed by atoms with E-state index in [0.717, 1.165) is 5.56 Å². The molecule has 0 aliphatic heterocycles. The van der Waals surface area contributed by atoms with Crippen molar-refractivity contribution >= 4 is 22.8 Å². The first-order chi connectivity index (χ1) is 15.0. The number of nitrogens with zero attached hydrogens (tertiary/aromatic N) is 2. The summed E-state index contributed by atoms with van der Waals surface area (Å²) in [5.41, 5.74) is 0.816. The highest BCUT2D eigenvalue weighted by Crippen LogP contribution is 2.36. The molecule has 0 radical (unpaired) electrons. The molecule has 1 N–H and O–H groups in total. The number of aromatic nitrogens is 2. The van der Waals surface area contributed by atoms with Gasteiger partial charge in [0.1, 0.15) is 28.4 Å². The van der Waals surface area contributed by atoms with Gasteiger partial charge in [-0.3, -0.25) is 4.79 Å². The first kappa shape index (κ1) is 20.8.